The van der Waals surface area contributed by atoms with Gasteiger partial charge in [0.2, 0.25) is 0 Å². The minimum atomic E-state index is -0.404. The van der Waals surface area contributed by atoms with E-state index in [0.717, 1.165) is 10.0 Å². The number of nitrogens with zero attached hydrogens (tertiary/aromatic N) is 2. The first-order valence-corrected chi connectivity index (χ1v) is 5.57. The third-order valence-corrected chi connectivity index (χ3v) is 3.64. The van der Waals surface area contributed by atoms with E-state index in [-0.39, 0.29) is 0 Å². The average Bonchev–Trinajstić information content (AvgIpc) is 2.11. The van der Waals surface area contributed by atoms with Crippen LogP contribution in [-0.2, 0) is 2.14 Å². The minimum absolute atomic E-state index is 0.404. The number of alkyl halides is 3. The highest BCUT2D eigenvalue weighted by atomic mass is 80.0. The van der Waals surface area contributed by atoms with Gasteiger partial charge in [0, 0.05) is 0 Å². The number of aromatic nitrogens is 2. The maximum Gasteiger partial charge on any atom is 0.187 e. The van der Waals surface area contributed by atoms with Crippen LogP contribution in [0.15, 0.2) is 0 Å². The molecule has 0 N–H and O–H groups in total. The van der Waals surface area contributed by atoms with Gasteiger partial charge in [-0.15, -0.1) is 10.2 Å². The van der Waals surface area contributed by atoms with Crippen molar-refractivity contribution in [2.75, 3.05) is 0 Å². The van der Waals surface area contributed by atoms with Crippen molar-refractivity contribution in [1.29, 1.82) is 0 Å². The third kappa shape index (κ3) is 2.25. The maximum atomic E-state index is 3.91. The molecule has 0 spiro atoms. The van der Waals surface area contributed by atoms with Crippen molar-refractivity contribution in [3.8, 4) is 0 Å². The number of hydrogen-bond donors (Lipinski definition) is 0. The molecule has 0 saturated carbocycles. The van der Waals surface area contributed by atoms with Gasteiger partial charge in [-0.25, -0.2) is 0 Å². The first-order valence-electron chi connectivity index (χ1n) is 2.37. The lowest BCUT2D eigenvalue weighted by atomic mass is 10.8. The molecule has 0 aliphatic heterocycles. The summed E-state index contributed by atoms with van der Waals surface area (Å²) in [6.45, 7) is 1.92. The molecule has 1 rings (SSSR count). The summed E-state index contributed by atoms with van der Waals surface area (Å²) >= 11 is 11.6. The lowest BCUT2D eigenvalue weighted by molar-refractivity contribution is 1.00. The summed E-state index contributed by atoms with van der Waals surface area (Å²) in [6, 6.07) is 0. The van der Waals surface area contributed by atoms with Crippen LogP contribution in [0, 0.1) is 6.92 Å². The molecule has 0 bridgehead atoms. The summed E-state index contributed by atoms with van der Waals surface area (Å²) in [5, 5.41) is 9.60. The Morgan fingerprint density at radius 2 is 1.90 bits per heavy atom. The number of halogens is 3. The Morgan fingerprint density at radius 3 is 2.10 bits per heavy atom. The van der Waals surface area contributed by atoms with Crippen LogP contribution in [0.3, 0.4) is 0 Å². The van der Waals surface area contributed by atoms with Crippen LogP contribution in [0.1, 0.15) is 10.0 Å². The van der Waals surface area contributed by atoms with Crippen LogP contribution in [0.25, 0.3) is 0 Å². The first kappa shape index (κ1) is 9.09. The van der Waals surface area contributed by atoms with Crippen molar-refractivity contribution < 1.29 is 0 Å². The molecular weight excluding hydrogens is 348 g/mol. The van der Waals surface area contributed by atoms with Crippen LogP contribution < -0.4 is 0 Å². The van der Waals surface area contributed by atoms with E-state index in [1.807, 2.05) is 6.92 Å². The molecule has 0 aliphatic carbocycles. The molecule has 0 amide bonds. The van der Waals surface area contributed by atoms with Gasteiger partial charge in [-0.1, -0.05) is 59.1 Å². The van der Waals surface area contributed by atoms with Crippen molar-refractivity contribution in [2.24, 2.45) is 0 Å². The minimum Gasteiger partial charge on any atom is -0.144 e. The van der Waals surface area contributed by atoms with E-state index < -0.39 is 2.14 Å². The van der Waals surface area contributed by atoms with Gasteiger partial charge < -0.3 is 0 Å². The highest BCUT2D eigenvalue weighted by Crippen LogP contribution is 2.45. The Balaban J connectivity index is 2.96. The molecule has 0 saturated heterocycles. The molecule has 0 aromatic carbocycles. The summed E-state index contributed by atoms with van der Waals surface area (Å²) in [5.41, 5.74) is 0. The van der Waals surface area contributed by atoms with Gasteiger partial charge in [0.15, 0.2) is 7.15 Å². The largest absolute Gasteiger partial charge is 0.187 e. The number of rotatable bonds is 0. The fourth-order valence-corrected chi connectivity index (χ4v) is 1.94. The fraction of sp³-hybridized carbons (Fsp3) is 0.500. The van der Waals surface area contributed by atoms with Crippen molar-refractivity contribution in [1.82, 2.24) is 10.2 Å². The third-order valence-electron chi connectivity index (χ3n) is 0.769. The SMILES string of the molecule is Cc1nnc(C(Br)(Br)Br)s1. The van der Waals surface area contributed by atoms with Crippen molar-refractivity contribution in [3.63, 3.8) is 0 Å². The molecule has 1 heterocycles. The highest BCUT2D eigenvalue weighted by molar-refractivity contribution is 9.38. The lowest BCUT2D eigenvalue weighted by Crippen LogP contribution is -1.95. The Labute approximate surface area is 87.8 Å². The quantitative estimate of drug-likeness (QED) is 0.672. The highest BCUT2D eigenvalue weighted by Gasteiger charge is 2.25. The molecule has 10 heavy (non-hydrogen) atoms. The van der Waals surface area contributed by atoms with Gasteiger partial charge in [0.25, 0.3) is 0 Å². The van der Waals surface area contributed by atoms with Crippen LogP contribution in [0.4, 0.5) is 0 Å². The standard InChI is InChI=1S/C4H3Br3N2S/c1-2-8-9-3(10-2)4(5,6)7/h1H3. The molecule has 0 aliphatic rings. The fourth-order valence-electron chi connectivity index (χ4n) is 0.411. The van der Waals surface area contributed by atoms with Gasteiger partial charge in [0.05, 0.1) is 0 Å². The lowest BCUT2D eigenvalue weighted by Gasteiger charge is -2.04. The van der Waals surface area contributed by atoms with Crippen LogP contribution in [0.2, 0.25) is 0 Å². The van der Waals surface area contributed by atoms with E-state index in [1.54, 1.807) is 0 Å². The van der Waals surface area contributed by atoms with Gasteiger partial charge in [-0.2, -0.15) is 0 Å². The Hall–Kier alpha value is 1.000. The van der Waals surface area contributed by atoms with E-state index in [1.165, 1.54) is 11.3 Å². The summed E-state index contributed by atoms with van der Waals surface area (Å²) < 4.78 is -0.404. The second kappa shape index (κ2) is 3.16. The molecule has 2 nitrogen and oxygen atoms in total. The van der Waals surface area contributed by atoms with E-state index in [0.29, 0.717) is 0 Å². The maximum absolute atomic E-state index is 3.91. The van der Waals surface area contributed by atoms with Crippen molar-refractivity contribution >= 4 is 59.1 Å². The van der Waals surface area contributed by atoms with E-state index in [9.17, 15) is 0 Å². The van der Waals surface area contributed by atoms with Crippen LogP contribution >= 0.6 is 59.1 Å². The van der Waals surface area contributed by atoms with E-state index in [2.05, 4.69) is 58.0 Å². The second-order valence-electron chi connectivity index (χ2n) is 1.62. The monoisotopic (exact) mass is 348 g/mol. The number of aryl methyl sites for hydroxylation is 1. The molecular formula is C4H3Br3N2S. The Bertz CT molecular complexity index is 229. The van der Waals surface area contributed by atoms with Crippen molar-refractivity contribution in [3.05, 3.63) is 10.0 Å². The Kier molecular flexibility index (Phi) is 2.88. The molecule has 0 atom stereocenters. The van der Waals surface area contributed by atoms with Crippen LogP contribution in [-0.4, -0.2) is 10.2 Å². The van der Waals surface area contributed by atoms with Gasteiger partial charge in [0.1, 0.15) is 5.01 Å². The van der Waals surface area contributed by atoms with E-state index >= 15 is 0 Å². The van der Waals surface area contributed by atoms with Gasteiger partial charge in [-0.3, -0.25) is 0 Å². The molecule has 6 heteroatoms. The number of hydrogen-bond acceptors (Lipinski definition) is 3. The zero-order valence-corrected chi connectivity index (χ0v) is 10.5. The molecule has 1 aromatic heterocycles. The second-order valence-corrected chi connectivity index (χ2v) is 9.57. The summed E-state index contributed by atoms with van der Waals surface area (Å²) in [5.74, 6) is 0. The zero-order chi connectivity index (χ0) is 7.78. The average molecular weight is 351 g/mol. The van der Waals surface area contributed by atoms with Crippen LogP contribution in [0.5, 0.6) is 0 Å². The molecule has 0 unspecified atom stereocenters. The smallest absolute Gasteiger partial charge is 0.144 e. The normalized spacial score (nSPS) is 12.0. The Morgan fingerprint density at radius 1 is 1.30 bits per heavy atom. The first-order chi connectivity index (χ1) is 4.50. The van der Waals surface area contributed by atoms with Gasteiger partial charge >= 0.3 is 0 Å². The summed E-state index contributed by atoms with van der Waals surface area (Å²) in [7, 11) is 0. The topological polar surface area (TPSA) is 25.8 Å². The molecule has 1 aromatic rings. The molecule has 0 fully saturated rings. The molecule has 0 radical (unpaired) electrons. The van der Waals surface area contributed by atoms with Gasteiger partial charge in [-0.05, 0) is 6.92 Å². The summed E-state index contributed by atoms with van der Waals surface area (Å²) in [6.07, 6.45) is 0. The predicted molar refractivity (Wildman–Crippen MR) is 53.1 cm³/mol. The summed E-state index contributed by atoms with van der Waals surface area (Å²) in [4.78, 5) is 0. The van der Waals surface area contributed by atoms with Crippen molar-refractivity contribution in [2.45, 2.75) is 9.07 Å². The zero-order valence-electron chi connectivity index (χ0n) is 4.94. The molecule has 56 valence electrons. The van der Waals surface area contributed by atoms with E-state index in [4.69, 9.17) is 0 Å². The predicted octanol–water partition coefficient (Wildman–Crippen LogP) is 3.14.